The van der Waals surface area contributed by atoms with Gasteiger partial charge in [-0.15, -0.1) is 11.3 Å². The molecule has 0 fully saturated rings. The first-order chi connectivity index (χ1) is 9.02. The van der Waals surface area contributed by atoms with E-state index in [0.717, 1.165) is 15.1 Å². The predicted molar refractivity (Wildman–Crippen MR) is 78.6 cm³/mol. The summed E-state index contributed by atoms with van der Waals surface area (Å²) < 4.78 is 1.06. The van der Waals surface area contributed by atoms with Crippen molar-refractivity contribution in [1.82, 2.24) is 10.6 Å². The van der Waals surface area contributed by atoms with Crippen molar-refractivity contribution < 1.29 is 14.7 Å². The Hall–Kier alpha value is -1.08. The molecule has 0 aromatic carbocycles. The van der Waals surface area contributed by atoms with Gasteiger partial charge in [0.05, 0.1) is 3.79 Å². The standard InChI is InChI=1S/C12H17BrN2O3S/c1-2-3-9(11(16)17)15-12(18)14-7-6-8-4-5-10(13)19-8/h4-5,9H,2-3,6-7H2,1H3,(H,16,17)(H2,14,15,18)/t9-/m0/s1. The zero-order valence-electron chi connectivity index (χ0n) is 10.6. The quantitative estimate of drug-likeness (QED) is 0.708. The highest BCUT2D eigenvalue weighted by Crippen LogP contribution is 2.21. The minimum atomic E-state index is -1.00. The smallest absolute Gasteiger partial charge is 0.326 e. The van der Waals surface area contributed by atoms with E-state index in [-0.39, 0.29) is 0 Å². The summed E-state index contributed by atoms with van der Waals surface area (Å²) in [6, 6.07) is 2.70. The maximum Gasteiger partial charge on any atom is 0.326 e. The molecule has 1 aromatic rings. The second-order valence-corrected chi connectivity index (χ2v) is 6.58. The maximum atomic E-state index is 11.5. The zero-order chi connectivity index (χ0) is 14.3. The molecule has 0 bridgehead atoms. The van der Waals surface area contributed by atoms with E-state index in [9.17, 15) is 9.59 Å². The number of carboxylic acid groups (broad SMARTS) is 1. The number of carbonyl (C=O) groups is 2. The number of urea groups is 1. The number of thiophene rings is 1. The van der Waals surface area contributed by atoms with Crippen LogP contribution in [0.25, 0.3) is 0 Å². The van der Waals surface area contributed by atoms with E-state index in [0.29, 0.717) is 19.4 Å². The van der Waals surface area contributed by atoms with Crippen LogP contribution < -0.4 is 10.6 Å². The number of halogens is 1. The van der Waals surface area contributed by atoms with Gasteiger partial charge in [0.2, 0.25) is 0 Å². The van der Waals surface area contributed by atoms with Crippen molar-refractivity contribution in [3.05, 3.63) is 20.8 Å². The Morgan fingerprint density at radius 1 is 1.47 bits per heavy atom. The average Bonchev–Trinajstić information content (AvgIpc) is 2.74. The number of carboxylic acids is 1. The fourth-order valence-corrected chi connectivity index (χ4v) is 3.02. The van der Waals surface area contributed by atoms with E-state index in [1.807, 2.05) is 19.1 Å². The van der Waals surface area contributed by atoms with Gasteiger partial charge in [0, 0.05) is 11.4 Å². The number of amides is 2. The highest BCUT2D eigenvalue weighted by Gasteiger charge is 2.18. The normalized spacial score (nSPS) is 11.9. The molecule has 0 aliphatic rings. The number of hydrogen-bond donors (Lipinski definition) is 3. The van der Waals surface area contributed by atoms with Gasteiger partial charge in [-0.1, -0.05) is 13.3 Å². The second-order valence-electron chi connectivity index (χ2n) is 4.04. The van der Waals surface area contributed by atoms with Crippen molar-refractivity contribution >= 4 is 39.3 Å². The van der Waals surface area contributed by atoms with E-state index in [4.69, 9.17) is 5.11 Å². The lowest BCUT2D eigenvalue weighted by atomic mass is 10.2. The summed E-state index contributed by atoms with van der Waals surface area (Å²) >= 11 is 4.99. The molecule has 1 aromatic heterocycles. The van der Waals surface area contributed by atoms with Crippen LogP contribution in [0.4, 0.5) is 4.79 Å². The summed E-state index contributed by atoms with van der Waals surface area (Å²) in [4.78, 5) is 23.6. The first-order valence-electron chi connectivity index (χ1n) is 6.04. The Morgan fingerprint density at radius 3 is 2.74 bits per heavy atom. The monoisotopic (exact) mass is 348 g/mol. The minimum absolute atomic E-state index is 0.431. The number of rotatable bonds is 7. The molecule has 5 nitrogen and oxygen atoms in total. The van der Waals surface area contributed by atoms with Crippen LogP contribution in [-0.2, 0) is 11.2 Å². The Bertz CT molecular complexity index is 436. The van der Waals surface area contributed by atoms with E-state index >= 15 is 0 Å². The molecule has 3 N–H and O–H groups in total. The first kappa shape index (κ1) is 16.0. The van der Waals surface area contributed by atoms with Gasteiger partial charge in [0.15, 0.2) is 0 Å². The van der Waals surface area contributed by atoms with Crippen molar-refractivity contribution in [2.45, 2.75) is 32.2 Å². The fourth-order valence-electron chi connectivity index (χ4n) is 1.54. The molecule has 2 amide bonds. The Balaban J connectivity index is 2.28. The van der Waals surface area contributed by atoms with Gasteiger partial charge in [-0.2, -0.15) is 0 Å². The van der Waals surface area contributed by atoms with Crippen molar-refractivity contribution in [3.8, 4) is 0 Å². The van der Waals surface area contributed by atoms with Gasteiger partial charge in [-0.25, -0.2) is 9.59 Å². The highest BCUT2D eigenvalue weighted by atomic mass is 79.9. The second kappa shape index (κ2) is 8.16. The van der Waals surface area contributed by atoms with Crippen molar-refractivity contribution in [2.24, 2.45) is 0 Å². The van der Waals surface area contributed by atoms with Crippen LogP contribution in [0.5, 0.6) is 0 Å². The minimum Gasteiger partial charge on any atom is -0.480 e. The molecule has 0 saturated heterocycles. The van der Waals surface area contributed by atoms with E-state index < -0.39 is 18.0 Å². The van der Waals surface area contributed by atoms with Gasteiger partial charge < -0.3 is 15.7 Å². The lowest BCUT2D eigenvalue weighted by Crippen LogP contribution is -2.46. The Kier molecular flexibility index (Phi) is 6.86. The lowest BCUT2D eigenvalue weighted by Gasteiger charge is -2.14. The SMILES string of the molecule is CCC[C@H](NC(=O)NCCc1ccc(Br)s1)C(=O)O. The van der Waals surface area contributed by atoms with Crippen LogP contribution in [0, 0.1) is 0 Å². The molecule has 0 aliphatic carbocycles. The van der Waals surface area contributed by atoms with Crippen LogP contribution in [-0.4, -0.2) is 29.7 Å². The van der Waals surface area contributed by atoms with Crippen LogP contribution in [0.2, 0.25) is 0 Å². The molecule has 0 radical (unpaired) electrons. The highest BCUT2D eigenvalue weighted by molar-refractivity contribution is 9.11. The van der Waals surface area contributed by atoms with E-state index in [1.54, 1.807) is 11.3 Å². The molecule has 1 atom stereocenters. The molecule has 0 saturated carbocycles. The predicted octanol–water partition coefficient (Wildman–Crippen LogP) is 2.61. The fraction of sp³-hybridized carbons (Fsp3) is 0.500. The lowest BCUT2D eigenvalue weighted by molar-refractivity contribution is -0.139. The molecule has 106 valence electrons. The molecular formula is C12H17BrN2O3S. The zero-order valence-corrected chi connectivity index (χ0v) is 13.0. The van der Waals surface area contributed by atoms with Crippen LogP contribution >= 0.6 is 27.3 Å². The molecule has 1 heterocycles. The summed E-state index contributed by atoms with van der Waals surface area (Å²) in [5, 5.41) is 14.0. The van der Waals surface area contributed by atoms with E-state index in [2.05, 4.69) is 26.6 Å². The van der Waals surface area contributed by atoms with Gasteiger partial charge in [0.1, 0.15) is 6.04 Å². The third-order valence-corrected chi connectivity index (χ3v) is 4.15. The molecule has 0 spiro atoms. The maximum absolute atomic E-state index is 11.5. The van der Waals surface area contributed by atoms with Crippen molar-refractivity contribution in [3.63, 3.8) is 0 Å². The third-order valence-electron chi connectivity index (χ3n) is 2.47. The van der Waals surface area contributed by atoms with Crippen LogP contribution in [0.1, 0.15) is 24.6 Å². The number of carbonyl (C=O) groups excluding carboxylic acids is 1. The summed E-state index contributed by atoms with van der Waals surface area (Å²) in [7, 11) is 0. The Labute approximate surface area is 124 Å². The first-order valence-corrected chi connectivity index (χ1v) is 7.65. The van der Waals surface area contributed by atoms with E-state index in [1.165, 1.54) is 0 Å². The Morgan fingerprint density at radius 2 is 2.21 bits per heavy atom. The molecular weight excluding hydrogens is 332 g/mol. The molecule has 0 aliphatic heterocycles. The molecule has 7 heteroatoms. The number of hydrogen-bond acceptors (Lipinski definition) is 3. The summed E-state index contributed by atoms with van der Waals surface area (Å²) in [5.41, 5.74) is 0. The van der Waals surface area contributed by atoms with Crippen LogP contribution in [0.3, 0.4) is 0 Å². The summed E-state index contributed by atoms with van der Waals surface area (Å²) in [5.74, 6) is -1.00. The molecule has 0 unspecified atom stereocenters. The van der Waals surface area contributed by atoms with Gasteiger partial charge >= 0.3 is 12.0 Å². The van der Waals surface area contributed by atoms with Crippen molar-refractivity contribution in [1.29, 1.82) is 0 Å². The summed E-state index contributed by atoms with van der Waals surface area (Å²) in [6.45, 7) is 2.36. The molecule has 19 heavy (non-hydrogen) atoms. The third kappa shape index (κ3) is 6.07. The topological polar surface area (TPSA) is 78.4 Å². The number of nitrogens with one attached hydrogen (secondary N) is 2. The summed E-state index contributed by atoms with van der Waals surface area (Å²) in [6.07, 6.45) is 1.87. The number of aliphatic carboxylic acids is 1. The van der Waals surface area contributed by atoms with Gasteiger partial charge in [0.25, 0.3) is 0 Å². The van der Waals surface area contributed by atoms with Gasteiger partial charge in [-0.3, -0.25) is 0 Å². The molecule has 1 rings (SSSR count). The largest absolute Gasteiger partial charge is 0.480 e. The average molecular weight is 349 g/mol. The van der Waals surface area contributed by atoms with Crippen LogP contribution in [0.15, 0.2) is 15.9 Å². The van der Waals surface area contributed by atoms with Crippen molar-refractivity contribution in [2.75, 3.05) is 6.54 Å². The van der Waals surface area contributed by atoms with Gasteiger partial charge in [-0.05, 0) is 40.9 Å².